The summed E-state index contributed by atoms with van der Waals surface area (Å²) in [6.45, 7) is 4.07. The molecule has 0 aromatic heterocycles. The Hall–Kier alpha value is -1.13. The molecular weight excluding hydrogens is 293 g/mol. The van der Waals surface area contributed by atoms with Gasteiger partial charge in [0.1, 0.15) is 11.4 Å². The largest absolute Gasteiger partial charge is 0.508 e. The summed E-state index contributed by atoms with van der Waals surface area (Å²) in [4.78, 5) is 0. The molecule has 4 N–H and O–H groups in total. The lowest BCUT2D eigenvalue weighted by molar-refractivity contribution is -0.107. The van der Waals surface area contributed by atoms with E-state index in [0.717, 1.165) is 5.57 Å². The number of allylic oxidation sites excluding steroid dienone is 5. The van der Waals surface area contributed by atoms with E-state index in [1.807, 2.05) is 13.0 Å². The molecule has 126 valence electrons. The summed E-state index contributed by atoms with van der Waals surface area (Å²) < 4.78 is 16.4. The van der Waals surface area contributed by atoms with Crippen molar-refractivity contribution < 1.29 is 14.6 Å². The first kappa shape index (κ1) is 15.4. The summed E-state index contributed by atoms with van der Waals surface area (Å²) in [7, 11) is 0. The number of rotatable bonds is 0. The van der Waals surface area contributed by atoms with Crippen LogP contribution in [0.3, 0.4) is 0 Å². The molecule has 0 aromatic carbocycles. The van der Waals surface area contributed by atoms with Crippen molar-refractivity contribution in [2.45, 2.75) is 57.3 Å². The van der Waals surface area contributed by atoms with Gasteiger partial charge in [-0.25, -0.2) is 4.39 Å². The average molecular weight is 319 g/mol. The Labute approximate surface area is 136 Å². The molecule has 7 atom stereocenters. The van der Waals surface area contributed by atoms with Gasteiger partial charge in [-0.3, -0.25) is 0 Å². The normalized spacial score (nSPS) is 54.7. The molecule has 4 aliphatic carbocycles. The maximum Gasteiger partial charge on any atom is 0.127 e. The molecular formula is C19H26FNO2. The number of aliphatic hydroxyl groups is 2. The van der Waals surface area contributed by atoms with Crippen LogP contribution in [0.1, 0.15) is 39.5 Å². The van der Waals surface area contributed by atoms with Crippen LogP contribution in [0.2, 0.25) is 0 Å². The third kappa shape index (κ3) is 1.71. The van der Waals surface area contributed by atoms with Crippen LogP contribution in [-0.2, 0) is 0 Å². The third-order valence-corrected chi connectivity index (χ3v) is 7.56. The molecule has 0 spiro atoms. The predicted molar refractivity (Wildman–Crippen MR) is 87.4 cm³/mol. The highest BCUT2D eigenvalue weighted by Crippen LogP contribution is 2.66. The van der Waals surface area contributed by atoms with E-state index in [-0.39, 0.29) is 29.1 Å². The van der Waals surface area contributed by atoms with Gasteiger partial charge in [0.25, 0.3) is 0 Å². The molecule has 0 aliphatic heterocycles. The van der Waals surface area contributed by atoms with Crippen LogP contribution in [-0.4, -0.2) is 28.0 Å². The summed E-state index contributed by atoms with van der Waals surface area (Å²) in [5.74, 6) is 0.167. The number of alkyl halides is 1. The highest BCUT2D eigenvalue weighted by molar-refractivity contribution is 5.46. The Bertz CT molecular complexity index is 641. The van der Waals surface area contributed by atoms with E-state index in [1.54, 1.807) is 12.2 Å². The molecule has 4 aliphatic rings. The van der Waals surface area contributed by atoms with E-state index in [1.165, 1.54) is 0 Å². The molecule has 0 radical (unpaired) electrons. The van der Waals surface area contributed by atoms with Crippen molar-refractivity contribution in [3.8, 4) is 0 Å². The topological polar surface area (TPSA) is 66.5 Å². The molecule has 2 saturated carbocycles. The van der Waals surface area contributed by atoms with Crippen molar-refractivity contribution in [1.82, 2.24) is 0 Å². The van der Waals surface area contributed by atoms with Gasteiger partial charge in [0.05, 0.1) is 6.10 Å². The van der Waals surface area contributed by atoms with E-state index in [9.17, 15) is 10.2 Å². The first-order chi connectivity index (χ1) is 10.7. The number of fused-ring (bicyclic) bond motifs is 5. The lowest BCUT2D eigenvalue weighted by Gasteiger charge is -2.58. The first-order valence-corrected chi connectivity index (χ1v) is 8.65. The second-order valence-electron chi connectivity index (χ2n) is 8.41. The highest BCUT2D eigenvalue weighted by Gasteiger charge is 2.66. The van der Waals surface area contributed by atoms with Crippen molar-refractivity contribution in [1.29, 1.82) is 0 Å². The van der Waals surface area contributed by atoms with E-state index in [0.29, 0.717) is 25.7 Å². The van der Waals surface area contributed by atoms with Crippen LogP contribution < -0.4 is 5.73 Å². The Balaban J connectivity index is 1.80. The summed E-state index contributed by atoms with van der Waals surface area (Å²) in [5, 5.41) is 20.0. The smallest absolute Gasteiger partial charge is 0.127 e. The fraction of sp³-hybridized carbons (Fsp3) is 0.684. The average Bonchev–Trinajstić information content (AvgIpc) is 2.73. The second kappa shape index (κ2) is 4.48. The van der Waals surface area contributed by atoms with Gasteiger partial charge in [-0.15, -0.1) is 0 Å². The molecule has 0 heterocycles. The van der Waals surface area contributed by atoms with E-state index in [2.05, 4.69) is 13.0 Å². The number of hydrogen-bond acceptors (Lipinski definition) is 3. The molecule has 0 bridgehead atoms. The minimum atomic E-state index is -1.35. The minimum Gasteiger partial charge on any atom is -0.508 e. The minimum absolute atomic E-state index is 0.105. The monoisotopic (exact) mass is 319 g/mol. The van der Waals surface area contributed by atoms with Gasteiger partial charge in [0, 0.05) is 17.4 Å². The molecule has 3 nitrogen and oxygen atoms in total. The van der Waals surface area contributed by atoms with Gasteiger partial charge in [-0.2, -0.15) is 0 Å². The van der Waals surface area contributed by atoms with E-state index >= 15 is 4.39 Å². The van der Waals surface area contributed by atoms with Gasteiger partial charge in [0.15, 0.2) is 0 Å². The van der Waals surface area contributed by atoms with Crippen LogP contribution in [0, 0.1) is 22.7 Å². The van der Waals surface area contributed by atoms with Gasteiger partial charge >= 0.3 is 0 Å². The van der Waals surface area contributed by atoms with Crippen molar-refractivity contribution in [3.63, 3.8) is 0 Å². The van der Waals surface area contributed by atoms with Crippen LogP contribution in [0.25, 0.3) is 0 Å². The van der Waals surface area contributed by atoms with Crippen molar-refractivity contribution in [2.24, 2.45) is 28.4 Å². The number of aliphatic hydroxyl groups excluding tert-OH is 2. The van der Waals surface area contributed by atoms with Gasteiger partial charge in [-0.1, -0.05) is 19.1 Å². The zero-order valence-corrected chi connectivity index (χ0v) is 13.8. The van der Waals surface area contributed by atoms with Crippen LogP contribution >= 0.6 is 0 Å². The van der Waals surface area contributed by atoms with Crippen molar-refractivity contribution in [2.75, 3.05) is 0 Å². The van der Waals surface area contributed by atoms with Crippen LogP contribution in [0.5, 0.6) is 0 Å². The van der Waals surface area contributed by atoms with Crippen molar-refractivity contribution >= 4 is 0 Å². The molecule has 4 heteroatoms. The summed E-state index contributed by atoms with van der Waals surface area (Å²) >= 11 is 0. The lowest BCUT2D eigenvalue weighted by atomic mass is 9.48. The van der Waals surface area contributed by atoms with Crippen LogP contribution in [0.15, 0.2) is 35.6 Å². The molecule has 0 aromatic rings. The zero-order valence-electron chi connectivity index (χ0n) is 13.8. The Morgan fingerprint density at radius 3 is 2.74 bits per heavy atom. The first-order valence-electron chi connectivity index (χ1n) is 8.65. The molecule has 0 saturated heterocycles. The number of halogens is 1. The SMILES string of the molecule is C[C@]12CC[C@]3(F)[C@@H](CC=C4C=C(O)C=C[C@@]43C)[C@@H]1C[C@@H](O)[C@@H]2N. The lowest BCUT2D eigenvalue weighted by Crippen LogP contribution is -2.60. The quantitative estimate of drug-likeness (QED) is 0.642. The summed E-state index contributed by atoms with van der Waals surface area (Å²) in [5.41, 5.74) is 4.91. The molecule has 0 unspecified atom stereocenters. The van der Waals surface area contributed by atoms with Gasteiger partial charge in [0.2, 0.25) is 0 Å². The fourth-order valence-corrected chi connectivity index (χ4v) is 5.90. The Kier molecular flexibility index (Phi) is 3.00. The summed E-state index contributed by atoms with van der Waals surface area (Å²) in [6, 6.07) is -0.263. The predicted octanol–water partition coefficient (Wildman–Crippen LogP) is 3.17. The number of nitrogens with two attached hydrogens (primary N) is 1. The molecule has 23 heavy (non-hydrogen) atoms. The zero-order chi connectivity index (χ0) is 16.6. The maximum absolute atomic E-state index is 16.4. The fourth-order valence-electron chi connectivity index (χ4n) is 5.90. The summed E-state index contributed by atoms with van der Waals surface area (Å²) in [6.07, 6.45) is 9.09. The standard InChI is InChI=1S/C19H26FNO2/c1-17-7-8-19(20)13(14(17)10-15(23)16(17)21)4-3-11-9-12(22)5-6-18(11,19)2/h3,5-6,9,13-16,22-23H,4,7-8,10,21H2,1-2H3/t13-,14-,15+,16-,17-,18-,19-/m0/s1. The van der Waals surface area contributed by atoms with Crippen LogP contribution in [0.4, 0.5) is 4.39 Å². The maximum atomic E-state index is 16.4. The van der Waals surface area contributed by atoms with Crippen molar-refractivity contribution in [3.05, 3.63) is 35.6 Å². The van der Waals surface area contributed by atoms with Gasteiger partial charge in [-0.05, 0) is 61.7 Å². The van der Waals surface area contributed by atoms with E-state index in [4.69, 9.17) is 5.73 Å². The second-order valence-corrected chi connectivity index (χ2v) is 8.41. The third-order valence-electron chi connectivity index (χ3n) is 7.56. The van der Waals surface area contributed by atoms with Gasteiger partial charge < -0.3 is 15.9 Å². The molecule has 0 amide bonds. The molecule has 4 rings (SSSR count). The molecule has 2 fully saturated rings. The highest BCUT2D eigenvalue weighted by atomic mass is 19.1. The Morgan fingerprint density at radius 1 is 1.26 bits per heavy atom. The Morgan fingerprint density at radius 2 is 2.00 bits per heavy atom. The number of hydrogen-bond donors (Lipinski definition) is 3. The van der Waals surface area contributed by atoms with E-state index < -0.39 is 17.2 Å².